The Morgan fingerprint density at radius 2 is 2.28 bits per heavy atom. The van der Waals surface area contributed by atoms with Crippen molar-refractivity contribution in [1.82, 2.24) is 20.1 Å². The van der Waals surface area contributed by atoms with Crippen molar-refractivity contribution >= 4 is 17.7 Å². The van der Waals surface area contributed by atoms with Crippen molar-refractivity contribution in [1.29, 1.82) is 0 Å². The first kappa shape index (κ1) is 17.8. The van der Waals surface area contributed by atoms with E-state index >= 15 is 0 Å². The molecule has 0 spiro atoms. The molecular formula is C17H22N4O3S. The first-order chi connectivity index (χ1) is 12.2. The Morgan fingerprint density at radius 1 is 1.44 bits per heavy atom. The molecule has 1 saturated heterocycles. The van der Waals surface area contributed by atoms with Crippen molar-refractivity contribution in [2.45, 2.75) is 24.1 Å². The maximum atomic E-state index is 12.0. The highest BCUT2D eigenvalue weighted by Crippen LogP contribution is 2.29. The molecule has 3 rings (SSSR count). The van der Waals surface area contributed by atoms with Crippen LogP contribution in [0.4, 0.5) is 0 Å². The molecule has 1 aromatic heterocycles. The molecule has 0 aliphatic carbocycles. The van der Waals surface area contributed by atoms with E-state index in [9.17, 15) is 4.79 Å². The Balaban J connectivity index is 1.58. The molecule has 7 nitrogen and oxygen atoms in total. The molecule has 134 valence electrons. The van der Waals surface area contributed by atoms with Gasteiger partial charge >= 0.3 is 0 Å². The van der Waals surface area contributed by atoms with Crippen LogP contribution in [-0.2, 0) is 16.6 Å². The highest BCUT2D eigenvalue weighted by molar-refractivity contribution is 7.99. The van der Waals surface area contributed by atoms with Crippen LogP contribution in [0.3, 0.4) is 0 Å². The van der Waals surface area contributed by atoms with Gasteiger partial charge in [0.15, 0.2) is 11.0 Å². The molecule has 1 unspecified atom stereocenters. The minimum absolute atomic E-state index is 0.0256. The van der Waals surface area contributed by atoms with E-state index in [2.05, 4.69) is 15.5 Å². The lowest BCUT2D eigenvalue weighted by molar-refractivity contribution is -0.119. The Hall–Kier alpha value is -2.06. The number of ether oxygens (including phenoxy) is 2. The summed E-state index contributed by atoms with van der Waals surface area (Å²) in [5.41, 5.74) is 0.870. The Morgan fingerprint density at radius 3 is 3.04 bits per heavy atom. The van der Waals surface area contributed by atoms with Gasteiger partial charge in [0.2, 0.25) is 5.91 Å². The van der Waals surface area contributed by atoms with E-state index in [1.165, 1.54) is 11.8 Å². The number of benzene rings is 1. The van der Waals surface area contributed by atoms with Gasteiger partial charge in [-0.2, -0.15) is 0 Å². The predicted molar refractivity (Wildman–Crippen MR) is 95.7 cm³/mol. The SMILES string of the molecule is COc1ccccc1-c1nnc(SCC(=O)NCC2CCCO2)n1C. The monoisotopic (exact) mass is 362 g/mol. The Labute approximate surface area is 151 Å². The van der Waals surface area contributed by atoms with Crippen LogP contribution in [0.1, 0.15) is 12.8 Å². The number of para-hydroxylation sites is 1. The van der Waals surface area contributed by atoms with Crippen molar-refractivity contribution in [3.8, 4) is 17.1 Å². The molecule has 1 atom stereocenters. The summed E-state index contributed by atoms with van der Waals surface area (Å²) in [5, 5.41) is 12.0. The van der Waals surface area contributed by atoms with E-state index in [1.807, 2.05) is 35.9 Å². The number of carbonyl (C=O) groups is 1. The highest BCUT2D eigenvalue weighted by atomic mass is 32.2. The first-order valence-corrected chi connectivity index (χ1v) is 9.21. The van der Waals surface area contributed by atoms with Gasteiger partial charge in [0.25, 0.3) is 0 Å². The summed E-state index contributed by atoms with van der Waals surface area (Å²) < 4.78 is 12.7. The van der Waals surface area contributed by atoms with Gasteiger partial charge < -0.3 is 19.4 Å². The molecular weight excluding hydrogens is 340 g/mol. The number of nitrogens with zero attached hydrogens (tertiary/aromatic N) is 3. The van der Waals surface area contributed by atoms with E-state index in [1.54, 1.807) is 7.11 Å². The van der Waals surface area contributed by atoms with Gasteiger partial charge in [-0.25, -0.2) is 0 Å². The molecule has 8 heteroatoms. The van der Waals surface area contributed by atoms with Gasteiger partial charge in [-0.3, -0.25) is 4.79 Å². The van der Waals surface area contributed by atoms with Gasteiger partial charge in [-0.1, -0.05) is 23.9 Å². The van der Waals surface area contributed by atoms with Crippen molar-refractivity contribution < 1.29 is 14.3 Å². The number of nitrogens with one attached hydrogen (secondary N) is 1. The normalized spacial score (nSPS) is 16.8. The topological polar surface area (TPSA) is 78.3 Å². The minimum Gasteiger partial charge on any atom is -0.496 e. The van der Waals surface area contributed by atoms with Crippen molar-refractivity contribution in [3.63, 3.8) is 0 Å². The molecule has 0 radical (unpaired) electrons. The number of rotatable bonds is 7. The third-order valence-corrected chi connectivity index (χ3v) is 5.09. The average molecular weight is 362 g/mol. The van der Waals surface area contributed by atoms with Crippen LogP contribution in [0.5, 0.6) is 5.75 Å². The third-order valence-electron chi connectivity index (χ3n) is 4.07. The second-order valence-corrected chi connectivity index (χ2v) is 6.74. The summed E-state index contributed by atoms with van der Waals surface area (Å²) in [6.45, 7) is 1.37. The van der Waals surface area contributed by atoms with Gasteiger partial charge in [-0.15, -0.1) is 10.2 Å². The molecule has 1 N–H and O–H groups in total. The molecule has 2 heterocycles. The maximum absolute atomic E-state index is 12.0. The first-order valence-electron chi connectivity index (χ1n) is 8.23. The Kier molecular flexibility index (Phi) is 5.93. The van der Waals surface area contributed by atoms with Crippen LogP contribution >= 0.6 is 11.8 Å². The van der Waals surface area contributed by atoms with Crippen LogP contribution in [0.25, 0.3) is 11.4 Å². The lowest BCUT2D eigenvalue weighted by Crippen LogP contribution is -2.32. The molecule has 1 amide bonds. The fourth-order valence-corrected chi connectivity index (χ4v) is 3.46. The number of thioether (sulfide) groups is 1. The smallest absolute Gasteiger partial charge is 0.230 e. The second-order valence-electron chi connectivity index (χ2n) is 5.79. The van der Waals surface area contributed by atoms with Crippen LogP contribution in [0.2, 0.25) is 0 Å². The van der Waals surface area contributed by atoms with Gasteiger partial charge in [0.1, 0.15) is 5.75 Å². The standard InChI is InChI=1S/C17H22N4O3S/c1-21-16(13-7-3-4-8-14(13)23-2)19-20-17(21)25-11-15(22)18-10-12-6-5-9-24-12/h3-4,7-8,12H,5-6,9-11H2,1-2H3,(H,18,22). The van der Waals surface area contributed by atoms with Crippen LogP contribution in [0.15, 0.2) is 29.4 Å². The molecule has 1 fully saturated rings. The quantitative estimate of drug-likeness (QED) is 0.758. The number of methoxy groups -OCH3 is 1. The summed E-state index contributed by atoms with van der Waals surface area (Å²) in [4.78, 5) is 12.0. The van der Waals surface area contributed by atoms with Crippen molar-refractivity contribution in [2.24, 2.45) is 7.05 Å². The van der Waals surface area contributed by atoms with E-state index in [0.29, 0.717) is 23.3 Å². The number of hydrogen-bond donors (Lipinski definition) is 1. The fourth-order valence-electron chi connectivity index (χ4n) is 2.72. The summed E-state index contributed by atoms with van der Waals surface area (Å²) in [7, 11) is 3.51. The molecule has 1 aliphatic rings. The van der Waals surface area contributed by atoms with Crippen molar-refractivity contribution in [2.75, 3.05) is 26.0 Å². The zero-order valence-corrected chi connectivity index (χ0v) is 15.2. The van der Waals surface area contributed by atoms with Crippen LogP contribution < -0.4 is 10.1 Å². The van der Waals surface area contributed by atoms with Gasteiger partial charge in [-0.05, 0) is 25.0 Å². The number of hydrogen-bond acceptors (Lipinski definition) is 6. The van der Waals surface area contributed by atoms with E-state index in [4.69, 9.17) is 9.47 Å². The molecule has 25 heavy (non-hydrogen) atoms. The zero-order chi connectivity index (χ0) is 17.6. The molecule has 0 bridgehead atoms. The van der Waals surface area contributed by atoms with E-state index in [0.717, 1.165) is 30.8 Å². The molecule has 1 aromatic carbocycles. The van der Waals surface area contributed by atoms with Crippen LogP contribution in [-0.4, -0.2) is 52.8 Å². The molecule has 0 saturated carbocycles. The van der Waals surface area contributed by atoms with Crippen LogP contribution in [0, 0.1) is 0 Å². The average Bonchev–Trinajstić information content (AvgIpc) is 3.28. The second kappa shape index (κ2) is 8.35. The van der Waals surface area contributed by atoms with E-state index < -0.39 is 0 Å². The maximum Gasteiger partial charge on any atom is 0.230 e. The third kappa shape index (κ3) is 4.32. The fraction of sp³-hybridized carbons (Fsp3) is 0.471. The van der Waals surface area contributed by atoms with Gasteiger partial charge in [0.05, 0.1) is 24.5 Å². The summed E-state index contributed by atoms with van der Waals surface area (Å²) in [6.07, 6.45) is 2.24. The summed E-state index contributed by atoms with van der Waals surface area (Å²) in [5.74, 6) is 1.72. The number of carbonyl (C=O) groups excluding carboxylic acids is 1. The summed E-state index contributed by atoms with van der Waals surface area (Å²) in [6, 6.07) is 7.66. The Bertz CT molecular complexity index is 728. The molecule has 2 aromatic rings. The number of amides is 1. The minimum atomic E-state index is -0.0256. The molecule has 1 aliphatic heterocycles. The van der Waals surface area contributed by atoms with Crippen molar-refractivity contribution in [3.05, 3.63) is 24.3 Å². The largest absolute Gasteiger partial charge is 0.496 e. The predicted octanol–water partition coefficient (Wildman–Crippen LogP) is 1.88. The summed E-state index contributed by atoms with van der Waals surface area (Å²) >= 11 is 1.36. The van der Waals surface area contributed by atoms with Gasteiger partial charge in [0, 0.05) is 20.2 Å². The lowest BCUT2D eigenvalue weighted by atomic mass is 10.2. The highest BCUT2D eigenvalue weighted by Gasteiger charge is 2.18. The lowest BCUT2D eigenvalue weighted by Gasteiger charge is -2.10. The van der Waals surface area contributed by atoms with E-state index in [-0.39, 0.29) is 12.0 Å². The zero-order valence-electron chi connectivity index (χ0n) is 14.4. The number of aromatic nitrogens is 3.